The van der Waals surface area contributed by atoms with Crippen molar-refractivity contribution in [2.75, 3.05) is 14.1 Å². The zero-order valence-corrected chi connectivity index (χ0v) is 17.7. The Bertz CT molecular complexity index is 856. The number of aryl methyl sites for hydroxylation is 1. The number of hydrogen-bond donors (Lipinski definition) is 1. The van der Waals surface area contributed by atoms with E-state index in [1.807, 2.05) is 0 Å². The van der Waals surface area contributed by atoms with Crippen LogP contribution in [0.25, 0.3) is 10.2 Å². The minimum Gasteiger partial charge on any atom is -0.474 e. The van der Waals surface area contributed by atoms with Gasteiger partial charge in [0.25, 0.3) is 0 Å². The van der Waals surface area contributed by atoms with Crippen LogP contribution in [0.15, 0.2) is 6.33 Å². The van der Waals surface area contributed by atoms with Crippen molar-refractivity contribution >= 4 is 27.3 Å². The monoisotopic (exact) mass is 403 g/mol. The molecule has 0 amide bonds. The normalized spacial score (nSPS) is 25.8. The highest BCUT2D eigenvalue weighted by Crippen LogP contribution is 2.47. The molecule has 4 rings (SSSR count). The zero-order chi connectivity index (χ0) is 19.8. The molecular formula is C21H29N3O3S. The van der Waals surface area contributed by atoms with E-state index in [9.17, 15) is 9.90 Å². The van der Waals surface area contributed by atoms with Crippen LogP contribution in [-0.4, -0.2) is 58.1 Å². The number of ketones is 1. The van der Waals surface area contributed by atoms with Crippen LogP contribution in [0.4, 0.5) is 0 Å². The molecule has 1 saturated carbocycles. The summed E-state index contributed by atoms with van der Waals surface area (Å²) in [5, 5.41) is 10.6. The van der Waals surface area contributed by atoms with E-state index in [2.05, 4.69) is 29.0 Å². The van der Waals surface area contributed by atoms with Crippen molar-refractivity contribution in [2.24, 2.45) is 0 Å². The average molecular weight is 404 g/mol. The van der Waals surface area contributed by atoms with Gasteiger partial charge in [-0.15, -0.1) is 11.3 Å². The molecular weight excluding hydrogens is 374 g/mol. The number of hydrogen-bond acceptors (Lipinski definition) is 7. The predicted molar refractivity (Wildman–Crippen MR) is 110 cm³/mol. The Morgan fingerprint density at radius 3 is 2.71 bits per heavy atom. The summed E-state index contributed by atoms with van der Waals surface area (Å²) in [5.41, 5.74) is 1.19. The van der Waals surface area contributed by atoms with Crippen molar-refractivity contribution in [3.8, 4) is 5.88 Å². The van der Waals surface area contributed by atoms with Crippen molar-refractivity contribution in [3.63, 3.8) is 0 Å². The van der Waals surface area contributed by atoms with Gasteiger partial charge in [0.05, 0.1) is 5.39 Å². The number of aliphatic hydroxyl groups excluding tert-OH is 1. The maximum Gasteiger partial charge on any atom is 0.225 e. The van der Waals surface area contributed by atoms with Gasteiger partial charge in [-0.2, -0.15) is 0 Å². The molecule has 28 heavy (non-hydrogen) atoms. The first-order chi connectivity index (χ1) is 13.4. The van der Waals surface area contributed by atoms with Gasteiger partial charge in [0.15, 0.2) is 5.78 Å². The van der Waals surface area contributed by atoms with Gasteiger partial charge in [0, 0.05) is 17.3 Å². The van der Waals surface area contributed by atoms with Crippen molar-refractivity contribution in [2.45, 2.75) is 76.0 Å². The second-order valence-corrected chi connectivity index (χ2v) is 9.48. The summed E-state index contributed by atoms with van der Waals surface area (Å²) in [4.78, 5) is 25.6. The molecule has 1 unspecified atom stereocenters. The minimum absolute atomic E-state index is 0.0986. The fourth-order valence-electron chi connectivity index (χ4n) is 4.58. The molecule has 1 N–H and O–H groups in total. The van der Waals surface area contributed by atoms with Gasteiger partial charge >= 0.3 is 0 Å². The Morgan fingerprint density at radius 1 is 1.29 bits per heavy atom. The molecule has 0 saturated heterocycles. The van der Waals surface area contributed by atoms with E-state index in [1.54, 1.807) is 24.6 Å². The maximum atomic E-state index is 12.1. The predicted octanol–water partition coefficient (Wildman–Crippen LogP) is 3.31. The summed E-state index contributed by atoms with van der Waals surface area (Å²) >= 11 is 1.69. The number of rotatable bonds is 6. The van der Waals surface area contributed by atoms with Crippen molar-refractivity contribution < 1.29 is 14.6 Å². The standard InChI is InChI=1S/C21H29N3O3S/c1-12(25)16(26)10-13-4-9-17-18(13)19-20(22-11-23-21(19)28-17)27-15-7-5-14(6-8-15)24(2)3/h11-15,25H,4-10H2,1-3H3/t12?,13-,14?,15?/m1/s1. The number of aliphatic hydroxyl groups is 1. The first-order valence-electron chi connectivity index (χ1n) is 10.2. The third kappa shape index (κ3) is 3.80. The number of aromatic nitrogens is 2. The first-order valence-corrected chi connectivity index (χ1v) is 11.1. The van der Waals surface area contributed by atoms with E-state index >= 15 is 0 Å². The first kappa shape index (κ1) is 19.7. The Kier molecular flexibility index (Phi) is 5.67. The van der Waals surface area contributed by atoms with Crippen LogP contribution in [0, 0.1) is 0 Å². The van der Waals surface area contributed by atoms with E-state index in [-0.39, 0.29) is 17.8 Å². The molecule has 7 heteroatoms. The number of Topliss-reactive ketones (excluding diaryl/α,β-unsaturated/α-hetero) is 1. The van der Waals surface area contributed by atoms with Gasteiger partial charge in [-0.25, -0.2) is 9.97 Å². The maximum absolute atomic E-state index is 12.1. The summed E-state index contributed by atoms with van der Waals surface area (Å²) in [6, 6.07) is 0.631. The van der Waals surface area contributed by atoms with Crippen molar-refractivity contribution in [1.29, 1.82) is 0 Å². The van der Waals surface area contributed by atoms with Gasteiger partial charge in [-0.05, 0) is 71.0 Å². The molecule has 152 valence electrons. The molecule has 2 heterocycles. The molecule has 2 aromatic heterocycles. The highest BCUT2D eigenvalue weighted by Gasteiger charge is 2.33. The zero-order valence-electron chi connectivity index (χ0n) is 16.9. The lowest BCUT2D eigenvalue weighted by molar-refractivity contribution is -0.126. The minimum atomic E-state index is -0.909. The Labute approximate surface area is 169 Å². The number of fused-ring (bicyclic) bond motifs is 3. The lowest BCUT2D eigenvalue weighted by atomic mass is 9.92. The lowest BCUT2D eigenvalue weighted by Gasteiger charge is -2.32. The van der Waals surface area contributed by atoms with Crippen LogP contribution in [0.1, 0.15) is 61.8 Å². The third-order valence-corrected chi connectivity index (χ3v) is 7.43. The SMILES string of the molecule is CC(O)C(=O)C[C@H]1CCc2sc3ncnc(OC4CCC(N(C)C)CC4)c3c21. The van der Waals surface area contributed by atoms with Crippen LogP contribution in [0.2, 0.25) is 0 Å². The van der Waals surface area contributed by atoms with E-state index < -0.39 is 6.10 Å². The summed E-state index contributed by atoms with van der Waals surface area (Å²) in [7, 11) is 4.28. The molecule has 0 spiro atoms. The Hall–Kier alpha value is -1.57. The fraction of sp³-hybridized carbons (Fsp3) is 0.667. The molecule has 0 aliphatic heterocycles. The van der Waals surface area contributed by atoms with Gasteiger partial charge in [0.1, 0.15) is 23.4 Å². The molecule has 6 nitrogen and oxygen atoms in total. The van der Waals surface area contributed by atoms with Gasteiger partial charge in [-0.3, -0.25) is 4.79 Å². The summed E-state index contributed by atoms with van der Waals surface area (Å²) in [6.07, 6.45) is 7.48. The summed E-state index contributed by atoms with van der Waals surface area (Å²) in [5.74, 6) is 0.703. The quantitative estimate of drug-likeness (QED) is 0.797. The van der Waals surface area contributed by atoms with E-state index in [4.69, 9.17) is 4.74 Å². The summed E-state index contributed by atoms with van der Waals surface area (Å²) in [6.45, 7) is 1.55. The van der Waals surface area contributed by atoms with E-state index in [0.29, 0.717) is 18.3 Å². The number of thiophene rings is 1. The fourth-order valence-corrected chi connectivity index (χ4v) is 5.82. The lowest BCUT2D eigenvalue weighted by Crippen LogP contribution is -2.35. The van der Waals surface area contributed by atoms with Crippen LogP contribution >= 0.6 is 11.3 Å². The smallest absolute Gasteiger partial charge is 0.225 e. The van der Waals surface area contributed by atoms with Gasteiger partial charge < -0.3 is 14.7 Å². The van der Waals surface area contributed by atoms with Crippen LogP contribution in [0.5, 0.6) is 5.88 Å². The second kappa shape index (κ2) is 8.05. The molecule has 2 aromatic rings. The van der Waals surface area contributed by atoms with Gasteiger partial charge in [-0.1, -0.05) is 0 Å². The average Bonchev–Trinajstić information content (AvgIpc) is 3.22. The summed E-state index contributed by atoms with van der Waals surface area (Å²) < 4.78 is 6.38. The highest BCUT2D eigenvalue weighted by molar-refractivity contribution is 7.19. The number of nitrogens with zero attached hydrogens (tertiary/aromatic N) is 3. The molecule has 2 atom stereocenters. The highest BCUT2D eigenvalue weighted by atomic mass is 32.1. The van der Waals surface area contributed by atoms with Crippen molar-refractivity contribution in [3.05, 3.63) is 16.8 Å². The van der Waals surface area contributed by atoms with E-state index in [1.165, 1.54) is 10.4 Å². The molecule has 2 aliphatic carbocycles. The molecule has 1 fully saturated rings. The number of ether oxygens (including phenoxy) is 1. The Morgan fingerprint density at radius 2 is 2.04 bits per heavy atom. The molecule has 0 radical (unpaired) electrons. The largest absolute Gasteiger partial charge is 0.474 e. The van der Waals surface area contributed by atoms with Crippen LogP contribution in [0.3, 0.4) is 0 Å². The van der Waals surface area contributed by atoms with Crippen molar-refractivity contribution in [1.82, 2.24) is 14.9 Å². The van der Waals surface area contributed by atoms with Crippen LogP contribution < -0.4 is 4.74 Å². The molecule has 0 aromatic carbocycles. The molecule has 2 aliphatic rings. The topological polar surface area (TPSA) is 75.5 Å². The number of carbonyl (C=O) groups is 1. The molecule has 0 bridgehead atoms. The van der Waals surface area contributed by atoms with Crippen LogP contribution in [-0.2, 0) is 11.2 Å². The third-order valence-electron chi connectivity index (χ3n) is 6.26. The Balaban J connectivity index is 1.58. The van der Waals surface area contributed by atoms with Gasteiger partial charge in [0.2, 0.25) is 5.88 Å². The van der Waals surface area contributed by atoms with E-state index in [0.717, 1.165) is 48.7 Å². The second-order valence-electron chi connectivity index (χ2n) is 8.39. The number of carbonyl (C=O) groups excluding carboxylic acids is 1.